The van der Waals surface area contributed by atoms with E-state index in [4.69, 9.17) is 10.8 Å². The van der Waals surface area contributed by atoms with E-state index >= 15 is 0 Å². The van der Waals surface area contributed by atoms with Gasteiger partial charge in [-0.2, -0.15) is 0 Å². The minimum absolute atomic E-state index is 0.0557. The Labute approximate surface area is 79.6 Å². The summed E-state index contributed by atoms with van der Waals surface area (Å²) in [5.74, 6) is 4.12. The Balaban J connectivity index is 2.86. The lowest BCUT2D eigenvalue weighted by Crippen LogP contribution is -2.08. The van der Waals surface area contributed by atoms with Gasteiger partial charge in [0.2, 0.25) is 5.91 Å². The summed E-state index contributed by atoms with van der Waals surface area (Å²) in [5.41, 5.74) is 4.70. The molecule has 0 saturated heterocycles. The zero-order valence-electron chi connectivity index (χ0n) is 7.20. The van der Waals surface area contributed by atoms with Crippen LogP contribution in [0.4, 0.5) is 0 Å². The fourth-order valence-electron chi connectivity index (χ4n) is 0.777. The molecule has 0 bridgehead atoms. The van der Waals surface area contributed by atoms with Gasteiger partial charge in [0, 0.05) is 17.8 Å². The van der Waals surface area contributed by atoms with Crippen molar-refractivity contribution in [2.24, 2.45) is 5.73 Å². The summed E-state index contributed by atoms with van der Waals surface area (Å²) in [7, 11) is 0. The van der Waals surface area contributed by atoms with Crippen LogP contribution >= 0.6 is 0 Å². The van der Waals surface area contributed by atoms with Crippen LogP contribution in [0.3, 0.4) is 0 Å². The highest BCUT2D eigenvalue weighted by atomic mass is 16.3. The number of aromatic amines is 1. The Morgan fingerprint density at radius 1 is 1.64 bits per heavy atom. The van der Waals surface area contributed by atoms with Crippen LogP contribution in [0.1, 0.15) is 12.0 Å². The van der Waals surface area contributed by atoms with Crippen LogP contribution in [0.2, 0.25) is 0 Å². The topological polar surface area (TPSA) is 96.2 Å². The highest BCUT2D eigenvalue weighted by Gasteiger charge is 1.95. The molecule has 5 nitrogen and oxygen atoms in total. The summed E-state index contributed by atoms with van der Waals surface area (Å²) < 4.78 is 0. The molecule has 4 N–H and O–H groups in total. The second-order valence-corrected chi connectivity index (χ2v) is 2.55. The highest BCUT2D eigenvalue weighted by molar-refractivity contribution is 5.76. The predicted molar refractivity (Wildman–Crippen MR) is 49.4 cm³/mol. The highest BCUT2D eigenvalue weighted by Crippen LogP contribution is 2.01. The van der Waals surface area contributed by atoms with Crippen molar-refractivity contribution in [3.8, 4) is 17.6 Å². The van der Waals surface area contributed by atoms with Crippen LogP contribution in [0, 0.1) is 11.8 Å². The van der Waals surface area contributed by atoms with Gasteiger partial charge in [-0.1, -0.05) is 11.8 Å². The Morgan fingerprint density at radius 3 is 2.93 bits per heavy atom. The Morgan fingerprint density at radius 2 is 2.36 bits per heavy atom. The molecule has 1 aromatic rings. The lowest BCUT2D eigenvalue weighted by molar-refractivity contribution is -0.117. The zero-order chi connectivity index (χ0) is 10.6. The number of aromatic hydroxyl groups is 1. The van der Waals surface area contributed by atoms with Crippen LogP contribution in [0.5, 0.6) is 5.75 Å². The van der Waals surface area contributed by atoms with Crippen molar-refractivity contribution in [2.75, 3.05) is 0 Å². The number of carbonyl (C=O) groups is 1. The summed E-state index contributed by atoms with van der Waals surface area (Å²) in [4.78, 5) is 23.3. The summed E-state index contributed by atoms with van der Waals surface area (Å²) in [5, 5.41) is 9.01. The van der Waals surface area contributed by atoms with Crippen molar-refractivity contribution in [3.63, 3.8) is 0 Å². The van der Waals surface area contributed by atoms with Crippen LogP contribution < -0.4 is 11.3 Å². The smallest absolute Gasteiger partial charge is 0.290 e. The SMILES string of the molecule is NC(=O)CC#Cc1c[nH]c(=O)c(O)c1. The summed E-state index contributed by atoms with van der Waals surface area (Å²) in [6.45, 7) is 0. The van der Waals surface area contributed by atoms with Crippen molar-refractivity contribution in [2.45, 2.75) is 6.42 Å². The molecule has 14 heavy (non-hydrogen) atoms. The van der Waals surface area contributed by atoms with E-state index in [0.717, 1.165) is 0 Å². The molecule has 1 amide bonds. The maximum Gasteiger partial charge on any atom is 0.290 e. The summed E-state index contributed by atoms with van der Waals surface area (Å²) in [6.07, 6.45) is 1.29. The minimum Gasteiger partial charge on any atom is -0.503 e. The molecule has 1 aromatic heterocycles. The number of carbonyl (C=O) groups excluding carboxylic acids is 1. The van der Waals surface area contributed by atoms with Crippen molar-refractivity contribution in [3.05, 3.63) is 28.2 Å². The largest absolute Gasteiger partial charge is 0.503 e. The van der Waals surface area contributed by atoms with E-state index in [1.807, 2.05) is 0 Å². The molecule has 0 saturated carbocycles. The zero-order valence-corrected chi connectivity index (χ0v) is 7.20. The predicted octanol–water partition coefficient (Wildman–Crippen LogP) is -0.693. The molecule has 0 aliphatic heterocycles. The summed E-state index contributed by atoms with van der Waals surface area (Å²) in [6, 6.07) is 1.22. The van der Waals surface area contributed by atoms with Crippen molar-refractivity contribution < 1.29 is 9.90 Å². The maximum absolute atomic E-state index is 10.7. The summed E-state index contributed by atoms with van der Waals surface area (Å²) >= 11 is 0. The molecule has 72 valence electrons. The van der Waals surface area contributed by atoms with E-state index in [1.165, 1.54) is 12.3 Å². The van der Waals surface area contributed by atoms with Gasteiger partial charge in [-0.15, -0.1) is 0 Å². The normalized spacial score (nSPS) is 8.86. The number of pyridine rings is 1. The molecular formula is C9H8N2O3. The van der Waals surface area contributed by atoms with E-state index in [2.05, 4.69) is 16.8 Å². The van der Waals surface area contributed by atoms with E-state index in [9.17, 15) is 9.59 Å². The number of aromatic nitrogens is 1. The fourth-order valence-corrected chi connectivity index (χ4v) is 0.777. The van der Waals surface area contributed by atoms with E-state index in [-0.39, 0.29) is 6.42 Å². The lowest BCUT2D eigenvalue weighted by Gasteiger charge is -1.90. The van der Waals surface area contributed by atoms with E-state index < -0.39 is 17.2 Å². The molecule has 0 fully saturated rings. The Bertz CT molecular complexity index is 465. The second kappa shape index (κ2) is 4.14. The van der Waals surface area contributed by atoms with Crippen molar-refractivity contribution in [1.29, 1.82) is 0 Å². The van der Waals surface area contributed by atoms with Gasteiger partial charge in [0.1, 0.15) is 0 Å². The number of rotatable bonds is 1. The molecule has 0 unspecified atom stereocenters. The van der Waals surface area contributed by atoms with Crippen LogP contribution in [0.25, 0.3) is 0 Å². The molecule has 0 spiro atoms. The first kappa shape index (κ1) is 9.86. The lowest BCUT2D eigenvalue weighted by atomic mass is 10.2. The standard InChI is InChI=1S/C9H8N2O3/c10-8(13)3-1-2-6-4-7(12)9(14)11-5-6/h4-5,12H,3H2,(H2,10,13)(H,11,14). The molecule has 0 aromatic carbocycles. The van der Waals surface area contributed by atoms with Gasteiger partial charge in [0.25, 0.3) is 5.56 Å². The first-order chi connectivity index (χ1) is 6.59. The quantitative estimate of drug-likeness (QED) is 0.513. The van der Waals surface area contributed by atoms with Crippen LogP contribution in [-0.4, -0.2) is 16.0 Å². The average Bonchev–Trinajstić information content (AvgIpc) is 2.10. The molecule has 0 radical (unpaired) electrons. The number of nitrogens with two attached hydrogens (primary N) is 1. The number of nitrogens with one attached hydrogen (secondary N) is 1. The van der Waals surface area contributed by atoms with Gasteiger partial charge >= 0.3 is 0 Å². The monoisotopic (exact) mass is 192 g/mol. The van der Waals surface area contributed by atoms with Gasteiger partial charge in [-0.05, 0) is 0 Å². The minimum atomic E-state index is -0.578. The molecule has 5 heteroatoms. The average molecular weight is 192 g/mol. The first-order valence-electron chi connectivity index (χ1n) is 3.78. The number of hydrogen-bond acceptors (Lipinski definition) is 3. The number of primary amides is 1. The molecule has 0 atom stereocenters. The Hall–Kier alpha value is -2.22. The molecular weight excluding hydrogens is 184 g/mol. The van der Waals surface area contributed by atoms with Gasteiger partial charge in [0.15, 0.2) is 5.75 Å². The van der Waals surface area contributed by atoms with E-state index in [0.29, 0.717) is 5.56 Å². The van der Waals surface area contributed by atoms with E-state index in [1.54, 1.807) is 0 Å². The van der Waals surface area contributed by atoms with Gasteiger partial charge < -0.3 is 15.8 Å². The van der Waals surface area contributed by atoms with Crippen LogP contribution in [0.15, 0.2) is 17.1 Å². The molecule has 1 heterocycles. The van der Waals surface area contributed by atoms with Gasteiger partial charge in [0.05, 0.1) is 6.42 Å². The number of hydrogen-bond donors (Lipinski definition) is 3. The third-order valence-electron chi connectivity index (χ3n) is 1.38. The van der Waals surface area contributed by atoms with Crippen molar-refractivity contribution in [1.82, 2.24) is 4.98 Å². The maximum atomic E-state index is 10.7. The second-order valence-electron chi connectivity index (χ2n) is 2.55. The first-order valence-corrected chi connectivity index (χ1v) is 3.78. The molecule has 0 aliphatic carbocycles. The van der Waals surface area contributed by atoms with Crippen molar-refractivity contribution >= 4 is 5.91 Å². The number of amides is 1. The Kier molecular flexibility index (Phi) is 2.92. The van der Waals surface area contributed by atoms with Gasteiger partial charge in [-0.3, -0.25) is 9.59 Å². The molecule has 1 rings (SSSR count). The third-order valence-corrected chi connectivity index (χ3v) is 1.38. The number of H-pyrrole nitrogens is 1. The molecule has 0 aliphatic rings. The van der Waals surface area contributed by atoms with Gasteiger partial charge in [-0.25, -0.2) is 0 Å². The fraction of sp³-hybridized carbons (Fsp3) is 0.111. The third kappa shape index (κ3) is 2.68. The van der Waals surface area contributed by atoms with Crippen LogP contribution in [-0.2, 0) is 4.79 Å².